The standard InChI is InChI=1S/C26H36N2O7S2/c1-20-8-4-5-16-28(20)37(31,32)24-14-12-23(13-15-24)36(29,30)27(19-22-10-7-17-35-22)18-21-9-6-11-25(33-2)26(21)34-3/h6,9,11-15,20,22H,4-5,7-8,10,16-19H2,1-3H3/t20-,22-/m0/s1. The zero-order valence-electron chi connectivity index (χ0n) is 21.6. The third-order valence-electron chi connectivity index (χ3n) is 7.07. The number of piperidine rings is 1. The summed E-state index contributed by atoms with van der Waals surface area (Å²) >= 11 is 0. The van der Waals surface area contributed by atoms with Crippen LogP contribution in [0.3, 0.4) is 0 Å². The summed E-state index contributed by atoms with van der Waals surface area (Å²) in [7, 11) is -4.64. The van der Waals surface area contributed by atoms with Gasteiger partial charge in [-0.3, -0.25) is 0 Å². The van der Waals surface area contributed by atoms with Gasteiger partial charge in [-0.15, -0.1) is 0 Å². The van der Waals surface area contributed by atoms with E-state index < -0.39 is 20.0 Å². The Morgan fingerprint density at radius 2 is 1.68 bits per heavy atom. The molecule has 11 heteroatoms. The van der Waals surface area contributed by atoms with Crippen LogP contribution in [0.1, 0.15) is 44.6 Å². The average molecular weight is 553 g/mol. The molecule has 4 rings (SSSR count). The maximum Gasteiger partial charge on any atom is 0.243 e. The molecule has 2 heterocycles. The summed E-state index contributed by atoms with van der Waals surface area (Å²) < 4.78 is 73.6. The van der Waals surface area contributed by atoms with Crippen LogP contribution in [0, 0.1) is 0 Å². The fourth-order valence-corrected chi connectivity index (χ4v) is 8.18. The van der Waals surface area contributed by atoms with E-state index in [9.17, 15) is 16.8 Å². The molecule has 0 saturated carbocycles. The molecule has 0 bridgehead atoms. The first-order chi connectivity index (χ1) is 17.7. The second kappa shape index (κ2) is 11.7. The Morgan fingerprint density at radius 3 is 2.30 bits per heavy atom. The number of hydrogen-bond acceptors (Lipinski definition) is 7. The van der Waals surface area contributed by atoms with Gasteiger partial charge in [0.15, 0.2) is 11.5 Å². The van der Waals surface area contributed by atoms with Gasteiger partial charge in [-0.1, -0.05) is 18.6 Å². The van der Waals surface area contributed by atoms with Gasteiger partial charge in [0.05, 0.1) is 30.1 Å². The molecule has 2 aliphatic heterocycles. The molecule has 2 fully saturated rings. The minimum Gasteiger partial charge on any atom is -0.493 e. The van der Waals surface area contributed by atoms with Crippen molar-refractivity contribution in [1.29, 1.82) is 0 Å². The summed E-state index contributed by atoms with van der Waals surface area (Å²) in [6, 6.07) is 10.8. The van der Waals surface area contributed by atoms with Gasteiger partial charge in [0, 0.05) is 37.8 Å². The number of rotatable bonds is 10. The van der Waals surface area contributed by atoms with E-state index in [2.05, 4.69) is 0 Å². The highest BCUT2D eigenvalue weighted by Gasteiger charge is 2.33. The third-order valence-corrected chi connectivity index (χ3v) is 10.9. The van der Waals surface area contributed by atoms with Crippen LogP contribution in [0.5, 0.6) is 11.5 Å². The maximum atomic E-state index is 13.8. The van der Waals surface area contributed by atoms with Crippen molar-refractivity contribution in [3.63, 3.8) is 0 Å². The Bertz CT molecular complexity index is 1270. The highest BCUT2D eigenvalue weighted by molar-refractivity contribution is 7.89. The van der Waals surface area contributed by atoms with Crippen molar-refractivity contribution in [2.24, 2.45) is 0 Å². The topological polar surface area (TPSA) is 102 Å². The lowest BCUT2D eigenvalue weighted by Gasteiger charge is -2.32. The zero-order chi connectivity index (χ0) is 26.6. The van der Waals surface area contributed by atoms with Crippen LogP contribution >= 0.6 is 0 Å². The summed E-state index contributed by atoms with van der Waals surface area (Å²) in [6.07, 6.45) is 4.07. The van der Waals surface area contributed by atoms with E-state index in [-0.39, 0.29) is 35.0 Å². The summed E-state index contributed by atoms with van der Waals surface area (Å²) in [6.45, 7) is 3.21. The van der Waals surface area contributed by atoms with E-state index in [0.29, 0.717) is 30.2 Å². The second-order valence-electron chi connectivity index (χ2n) is 9.52. The molecule has 37 heavy (non-hydrogen) atoms. The molecule has 204 valence electrons. The molecule has 0 spiro atoms. The molecule has 2 aromatic carbocycles. The van der Waals surface area contributed by atoms with Crippen LogP contribution < -0.4 is 9.47 Å². The van der Waals surface area contributed by atoms with E-state index >= 15 is 0 Å². The highest BCUT2D eigenvalue weighted by atomic mass is 32.2. The third kappa shape index (κ3) is 5.96. The van der Waals surface area contributed by atoms with Gasteiger partial charge in [-0.2, -0.15) is 8.61 Å². The van der Waals surface area contributed by atoms with E-state index in [1.165, 1.54) is 47.1 Å². The Balaban J connectivity index is 1.64. The molecule has 0 N–H and O–H groups in total. The number of hydrogen-bond donors (Lipinski definition) is 0. The largest absolute Gasteiger partial charge is 0.493 e. The molecule has 0 radical (unpaired) electrons. The number of para-hydroxylation sites is 1. The number of methoxy groups -OCH3 is 2. The second-order valence-corrected chi connectivity index (χ2v) is 13.3. The smallest absolute Gasteiger partial charge is 0.243 e. The number of benzene rings is 2. The monoisotopic (exact) mass is 552 g/mol. The molecular weight excluding hydrogens is 516 g/mol. The lowest BCUT2D eigenvalue weighted by molar-refractivity contribution is 0.0924. The normalized spacial score (nSPS) is 21.3. The zero-order valence-corrected chi connectivity index (χ0v) is 23.3. The first-order valence-electron chi connectivity index (χ1n) is 12.6. The molecule has 0 aromatic heterocycles. The van der Waals surface area contributed by atoms with Crippen LogP contribution in [-0.4, -0.2) is 71.5 Å². The van der Waals surface area contributed by atoms with E-state index in [0.717, 1.165) is 32.1 Å². The maximum absolute atomic E-state index is 13.8. The summed E-state index contributed by atoms with van der Waals surface area (Å²) in [5.41, 5.74) is 0.654. The van der Waals surface area contributed by atoms with Crippen LogP contribution in [0.2, 0.25) is 0 Å². The molecule has 2 atom stereocenters. The first kappa shape index (κ1) is 27.8. The van der Waals surface area contributed by atoms with Crippen molar-refractivity contribution in [3.8, 4) is 11.5 Å². The molecule has 0 aliphatic carbocycles. The van der Waals surface area contributed by atoms with Crippen LogP contribution in [0.25, 0.3) is 0 Å². The Morgan fingerprint density at radius 1 is 0.946 bits per heavy atom. The fraction of sp³-hybridized carbons (Fsp3) is 0.538. The van der Waals surface area contributed by atoms with Crippen molar-refractivity contribution in [3.05, 3.63) is 48.0 Å². The molecule has 9 nitrogen and oxygen atoms in total. The lowest BCUT2D eigenvalue weighted by atomic mass is 10.1. The summed E-state index contributed by atoms with van der Waals surface area (Å²) in [5.74, 6) is 0.977. The van der Waals surface area contributed by atoms with Crippen molar-refractivity contribution in [1.82, 2.24) is 8.61 Å². The van der Waals surface area contributed by atoms with Gasteiger partial charge in [0.1, 0.15) is 0 Å². The molecule has 2 aromatic rings. The lowest BCUT2D eigenvalue weighted by Crippen LogP contribution is -2.41. The highest BCUT2D eigenvalue weighted by Crippen LogP contribution is 2.33. The Labute approximate surface area is 220 Å². The van der Waals surface area contributed by atoms with E-state index in [4.69, 9.17) is 14.2 Å². The van der Waals surface area contributed by atoms with E-state index in [1.807, 2.05) is 6.92 Å². The van der Waals surface area contributed by atoms with Crippen LogP contribution in [0.4, 0.5) is 0 Å². The number of sulfonamides is 2. The molecule has 0 unspecified atom stereocenters. The fourth-order valence-electron chi connectivity index (χ4n) is 5.03. The Hall–Kier alpha value is -2.18. The van der Waals surface area contributed by atoms with Crippen molar-refractivity contribution < 1.29 is 31.0 Å². The van der Waals surface area contributed by atoms with Crippen LogP contribution in [-0.2, 0) is 31.3 Å². The van der Waals surface area contributed by atoms with Crippen LogP contribution in [0.15, 0.2) is 52.3 Å². The molecule has 0 amide bonds. The van der Waals surface area contributed by atoms with Crippen molar-refractivity contribution >= 4 is 20.0 Å². The van der Waals surface area contributed by atoms with E-state index in [1.54, 1.807) is 18.2 Å². The van der Waals surface area contributed by atoms with Gasteiger partial charge in [-0.05, 0) is 62.9 Å². The quantitative estimate of drug-likeness (QED) is 0.443. The first-order valence-corrected chi connectivity index (χ1v) is 15.5. The predicted molar refractivity (Wildman–Crippen MR) is 140 cm³/mol. The average Bonchev–Trinajstić information content (AvgIpc) is 3.41. The minimum absolute atomic E-state index is 0.0259. The molecular formula is C26H36N2O7S2. The molecule has 2 saturated heterocycles. The van der Waals surface area contributed by atoms with Gasteiger partial charge >= 0.3 is 0 Å². The van der Waals surface area contributed by atoms with Gasteiger partial charge < -0.3 is 14.2 Å². The summed E-state index contributed by atoms with van der Waals surface area (Å²) in [5, 5.41) is 0. The summed E-state index contributed by atoms with van der Waals surface area (Å²) in [4.78, 5) is 0.123. The SMILES string of the molecule is COc1cccc(CN(C[C@@H]2CCCO2)S(=O)(=O)c2ccc(S(=O)(=O)N3CCCC[C@@H]3C)cc2)c1OC. The number of ether oxygens (including phenoxy) is 3. The van der Waals surface area contributed by atoms with Crippen molar-refractivity contribution in [2.45, 2.75) is 67.5 Å². The van der Waals surface area contributed by atoms with Gasteiger partial charge in [0.2, 0.25) is 20.0 Å². The van der Waals surface area contributed by atoms with Gasteiger partial charge in [-0.25, -0.2) is 16.8 Å². The van der Waals surface area contributed by atoms with Gasteiger partial charge in [0.25, 0.3) is 0 Å². The minimum atomic E-state index is -3.98. The predicted octanol–water partition coefficient (Wildman–Crippen LogP) is 3.64. The number of nitrogens with zero attached hydrogens (tertiary/aromatic N) is 2. The molecule has 2 aliphatic rings. The van der Waals surface area contributed by atoms with Crippen molar-refractivity contribution in [2.75, 3.05) is 33.9 Å². The Kier molecular flexibility index (Phi) is 8.80.